The number of aryl methyl sites for hydroxylation is 2. The van der Waals surface area contributed by atoms with Gasteiger partial charge in [-0.2, -0.15) is 0 Å². The van der Waals surface area contributed by atoms with E-state index >= 15 is 0 Å². The summed E-state index contributed by atoms with van der Waals surface area (Å²) in [5.41, 5.74) is -0.721. The van der Waals surface area contributed by atoms with E-state index in [4.69, 9.17) is 48.1 Å². The fourth-order valence-electron chi connectivity index (χ4n) is 13.5. The van der Waals surface area contributed by atoms with Crippen LogP contribution in [0.2, 0.25) is 0 Å². The van der Waals surface area contributed by atoms with Crippen LogP contribution in [0.15, 0.2) is 24.3 Å². The lowest BCUT2D eigenvalue weighted by atomic mass is 9.80. The van der Waals surface area contributed by atoms with Crippen molar-refractivity contribution in [1.29, 1.82) is 0 Å². The molecule has 127 heavy (non-hydrogen) atoms. The molecule has 0 bridgehead atoms. The molecule has 0 unspecified atom stereocenters. The van der Waals surface area contributed by atoms with E-state index in [1.807, 2.05) is 12.1 Å². The molecule has 0 aliphatic heterocycles. The Balaban J connectivity index is 0.0000819. The van der Waals surface area contributed by atoms with Gasteiger partial charge in [-0.25, -0.2) is 14.4 Å². The number of carboxylic acid groups (broad SMARTS) is 5. The van der Waals surface area contributed by atoms with E-state index in [0.29, 0.717) is 74.0 Å². The molecule has 2 rings (SSSR count). The maximum absolute atomic E-state index is 13.7. The first-order chi connectivity index (χ1) is 61.0. The number of ether oxygens (including phenoxy) is 8. The number of rotatable bonds is 89. The van der Waals surface area contributed by atoms with Crippen molar-refractivity contribution in [2.45, 2.75) is 290 Å². The number of amides is 5. The second-order valence-corrected chi connectivity index (χ2v) is 35.5. The molecule has 0 saturated carbocycles. The lowest BCUT2D eigenvalue weighted by Crippen LogP contribution is -2.41. The molecule has 0 aliphatic carbocycles. The number of unbranched alkanes of at least 4 members (excludes halogenated alkanes) is 20. The molecule has 5 amide bonds. The first-order valence-corrected chi connectivity index (χ1v) is 47.6. The molecule has 0 saturated heterocycles. The minimum absolute atomic E-state index is 0. The Morgan fingerprint density at radius 3 is 1.13 bits per heavy atom. The molecule has 2 heterocycles. The highest BCUT2D eigenvalue weighted by Crippen LogP contribution is 2.28. The predicted octanol–water partition coefficient (Wildman–Crippen LogP) is 12.8. The van der Waals surface area contributed by atoms with Gasteiger partial charge in [0.25, 0.3) is 0 Å². The summed E-state index contributed by atoms with van der Waals surface area (Å²) in [5, 5.41) is 60.9. The van der Waals surface area contributed by atoms with Gasteiger partial charge in [-0.15, -0.1) is 22.7 Å². The number of aromatic carboxylic acids is 2. The Bertz CT molecular complexity index is 3480. The minimum atomic E-state index is -1.19. The van der Waals surface area contributed by atoms with E-state index < -0.39 is 59.1 Å². The number of carbonyl (C=O) groups excluding carboxylic acids is 10. The summed E-state index contributed by atoms with van der Waals surface area (Å²) < 4.78 is 43.5. The van der Waals surface area contributed by atoms with Gasteiger partial charge in [0.15, 0.2) is 5.78 Å². The van der Waals surface area contributed by atoms with Gasteiger partial charge in [0, 0.05) is 121 Å². The molecule has 33 nitrogen and oxygen atoms in total. The van der Waals surface area contributed by atoms with Gasteiger partial charge in [-0.3, -0.25) is 57.5 Å². The number of hydrogen-bond donors (Lipinski definition) is 10. The third-order valence-corrected chi connectivity index (χ3v) is 23.3. The van der Waals surface area contributed by atoms with Crippen molar-refractivity contribution >= 4 is 111 Å². The molecule has 2 aromatic rings. The second kappa shape index (κ2) is 74.9. The molecule has 0 spiro atoms. The van der Waals surface area contributed by atoms with E-state index in [0.717, 1.165) is 138 Å². The van der Waals surface area contributed by atoms with Crippen LogP contribution in [0.3, 0.4) is 0 Å². The van der Waals surface area contributed by atoms with E-state index in [2.05, 4.69) is 26.6 Å². The van der Waals surface area contributed by atoms with Crippen molar-refractivity contribution in [3.05, 3.63) is 43.8 Å². The highest BCUT2D eigenvalue weighted by Gasteiger charge is 2.32. The first-order valence-electron chi connectivity index (χ1n) is 46.0. The molecule has 0 aromatic carbocycles. The highest BCUT2D eigenvalue weighted by molar-refractivity contribution is 7.14. The van der Waals surface area contributed by atoms with Crippen LogP contribution in [0.25, 0.3) is 0 Å². The number of Topliss-reactive ketones (excluding diaryl/α,β-unsaturated/α-hetero) is 5. The fraction of sp³-hybridized carbons (Fsp3) is 0.750. The zero-order chi connectivity index (χ0) is 93.3. The van der Waals surface area contributed by atoms with Crippen molar-refractivity contribution in [2.75, 3.05) is 132 Å². The number of hydrogen-bond acceptors (Lipinski definition) is 25. The second-order valence-electron chi connectivity index (χ2n) is 33.1. The molecule has 0 radical (unpaired) electrons. The monoisotopic (exact) mass is 1840 g/mol. The van der Waals surface area contributed by atoms with Crippen LogP contribution >= 0.6 is 22.7 Å². The van der Waals surface area contributed by atoms with Gasteiger partial charge in [0.05, 0.1) is 77.9 Å². The Hall–Kier alpha value is -7.87. The SMILES string of the molecule is CC(C)(C)C(=O)C[C@@H](CCCCNC(=O)COCCOCCNC(=O)COCCOCCCC(=O)CC[C@H](NC(=O)CCCCCCCCCCCCc1ccc(C(=O)O)s1)C(=O)O)C(=O)C[C@@H](CCCCNC(=O)COCCOCCCC(=O)COCCOCCNC(=O)CC[C@H](CC(=O)CCCCCCCCCCCCc1ccc(C(=O)O)s1)C(=O)O)C(=O)O.[HH].[HH]. The smallest absolute Gasteiger partial charge is 0.345 e. The number of aliphatic carboxylic acids is 3. The molecule has 10 N–H and O–H groups in total. The van der Waals surface area contributed by atoms with Crippen molar-refractivity contribution in [3.63, 3.8) is 0 Å². The largest absolute Gasteiger partial charge is 0.481 e. The van der Waals surface area contributed by atoms with Crippen LogP contribution in [0.5, 0.6) is 0 Å². The van der Waals surface area contributed by atoms with Crippen LogP contribution < -0.4 is 26.6 Å². The first kappa shape index (κ1) is 115. The molecule has 2 aromatic heterocycles. The molecular weight excluding hydrogens is 1690 g/mol. The van der Waals surface area contributed by atoms with E-state index in [1.165, 1.54) is 22.7 Å². The summed E-state index contributed by atoms with van der Waals surface area (Å²) in [6, 6.07) is 5.97. The van der Waals surface area contributed by atoms with Crippen LogP contribution in [0, 0.1) is 23.2 Å². The fourth-order valence-corrected chi connectivity index (χ4v) is 15.3. The van der Waals surface area contributed by atoms with Gasteiger partial charge in [-0.1, -0.05) is 136 Å². The van der Waals surface area contributed by atoms with E-state index in [-0.39, 0.29) is 264 Å². The zero-order valence-corrected chi connectivity index (χ0v) is 77.3. The molecule has 35 heteroatoms. The number of ketones is 5. The van der Waals surface area contributed by atoms with Gasteiger partial charge in [0.2, 0.25) is 29.5 Å². The molecular formula is C92H153N5O28S2. The number of nitrogens with one attached hydrogen (secondary N) is 5. The summed E-state index contributed by atoms with van der Waals surface area (Å²) in [4.78, 5) is 187. The maximum atomic E-state index is 13.7. The van der Waals surface area contributed by atoms with Crippen molar-refractivity contribution in [3.8, 4) is 0 Å². The van der Waals surface area contributed by atoms with Crippen LogP contribution in [0.4, 0.5) is 0 Å². The van der Waals surface area contributed by atoms with Crippen molar-refractivity contribution in [1.82, 2.24) is 26.6 Å². The Morgan fingerprint density at radius 2 is 0.693 bits per heavy atom. The molecule has 0 aliphatic rings. The standard InChI is InChI=1S/C92H149N5O28S2.2H2/c1-92(2,3)81(102)64-69(30-24-26-46-93-85(106)67-125-61-57-121-53-49-96-86(107)68-124-60-54-118-50-28-33-72(98)39-42-77(89(112)113)97-83(104)37-23-19-15-11-7-6-10-14-18-22-36-76-41-44-80(127-76)91(116)117)78(101)63-70(87(108)109)31-25-27-47-94-84(105)66-123-59-55-119-51-29-34-74(100)65-122-58-56-120-52-48-95-82(103)45-38-71(88(110)111)62-73(99)32-20-16-12-8-4-5-9-13-17-21-35-75-40-43-79(126-75)90(114)115;;/h40-41,43-44,69-71,77H,4-39,42,45-68H2,1-3H3,(H,93,106)(H,94,105)(H,95,103)(H,96,107)(H,97,104)(H,108,109)(H,110,111)(H,112,113)(H,114,115)(H,116,117);2*1H/t69-,70-,71-,77+;;/m1../s1. The van der Waals surface area contributed by atoms with Gasteiger partial charge in [0.1, 0.15) is 65.4 Å². The quantitative estimate of drug-likeness (QED) is 0.0275. The number of carbonyl (C=O) groups is 15. The van der Waals surface area contributed by atoms with E-state index in [1.54, 1.807) is 32.9 Å². The summed E-state index contributed by atoms with van der Waals surface area (Å²) >= 11 is 2.69. The average molecular weight is 1840 g/mol. The molecule has 4 atom stereocenters. The van der Waals surface area contributed by atoms with Gasteiger partial charge < -0.3 is 90.0 Å². The minimum Gasteiger partial charge on any atom is -0.481 e. The molecule has 0 fully saturated rings. The summed E-state index contributed by atoms with van der Waals surface area (Å²) in [7, 11) is 0. The van der Waals surface area contributed by atoms with Gasteiger partial charge in [-0.05, 0) is 114 Å². The normalized spacial score (nSPS) is 12.4. The predicted molar refractivity (Wildman–Crippen MR) is 483 cm³/mol. The van der Waals surface area contributed by atoms with Crippen LogP contribution in [-0.2, 0) is 113 Å². The van der Waals surface area contributed by atoms with Crippen molar-refractivity contribution < 1.29 is 138 Å². The summed E-state index contributed by atoms with van der Waals surface area (Å²) in [6.45, 7) is 7.59. The van der Waals surface area contributed by atoms with Crippen LogP contribution in [0.1, 0.15) is 303 Å². The zero-order valence-electron chi connectivity index (χ0n) is 75.7. The van der Waals surface area contributed by atoms with Crippen LogP contribution in [-0.4, -0.2) is 252 Å². The number of thiophene rings is 2. The Kier molecular flexibility index (Phi) is 67.9. The third-order valence-electron chi connectivity index (χ3n) is 21.0. The average Bonchev–Trinajstić information content (AvgIpc) is 1.30. The third kappa shape index (κ3) is 65.4. The Morgan fingerprint density at radius 1 is 0.315 bits per heavy atom. The van der Waals surface area contributed by atoms with Gasteiger partial charge >= 0.3 is 29.8 Å². The topological polar surface area (TPSA) is 491 Å². The van der Waals surface area contributed by atoms with Crippen molar-refractivity contribution in [2.24, 2.45) is 23.2 Å². The maximum Gasteiger partial charge on any atom is 0.345 e. The molecule has 726 valence electrons. The lowest BCUT2D eigenvalue weighted by Gasteiger charge is -2.22. The Labute approximate surface area is 760 Å². The number of carboxylic acids is 5. The lowest BCUT2D eigenvalue weighted by molar-refractivity contribution is -0.145. The highest BCUT2D eigenvalue weighted by atomic mass is 32.1. The summed E-state index contributed by atoms with van der Waals surface area (Å²) in [5.74, 6) is -10.4. The van der Waals surface area contributed by atoms with E-state index in [9.17, 15) is 87.2 Å². The summed E-state index contributed by atoms with van der Waals surface area (Å²) in [6.07, 6.45) is 26.4.